The Labute approximate surface area is 120 Å². The zero-order chi connectivity index (χ0) is 14.5. The molecule has 1 heterocycles. The first-order valence-electron chi connectivity index (χ1n) is 7.28. The van der Waals surface area contributed by atoms with Crippen LogP contribution in [0.25, 0.3) is 0 Å². The van der Waals surface area contributed by atoms with Crippen LogP contribution in [-0.4, -0.2) is 31.2 Å². The quantitative estimate of drug-likeness (QED) is 0.887. The maximum Gasteiger partial charge on any atom is 0.224 e. The Kier molecular flexibility index (Phi) is 5.01. The predicted molar refractivity (Wildman–Crippen MR) is 80.9 cm³/mol. The lowest BCUT2D eigenvalue weighted by Gasteiger charge is -2.33. The lowest BCUT2D eigenvalue weighted by atomic mass is 9.99. The third-order valence-corrected chi connectivity index (χ3v) is 3.67. The number of rotatable bonds is 4. The first-order valence-corrected chi connectivity index (χ1v) is 7.28. The minimum atomic E-state index is 0.0396. The van der Waals surface area contributed by atoms with Crippen molar-refractivity contribution in [1.29, 1.82) is 0 Å². The smallest absolute Gasteiger partial charge is 0.224 e. The summed E-state index contributed by atoms with van der Waals surface area (Å²) in [6.07, 6.45) is 3.11. The normalized spacial score (nSPS) is 26.1. The van der Waals surface area contributed by atoms with Crippen LogP contribution in [0.1, 0.15) is 32.3 Å². The van der Waals surface area contributed by atoms with E-state index in [2.05, 4.69) is 24.5 Å². The molecule has 2 unspecified atom stereocenters. The van der Waals surface area contributed by atoms with E-state index in [4.69, 9.17) is 4.74 Å². The van der Waals surface area contributed by atoms with Gasteiger partial charge in [-0.1, -0.05) is 12.1 Å². The number of nitrogens with one attached hydrogen (secondary N) is 2. The van der Waals surface area contributed by atoms with Crippen molar-refractivity contribution in [2.75, 3.05) is 12.4 Å². The maximum absolute atomic E-state index is 11.3. The average molecular weight is 276 g/mol. The summed E-state index contributed by atoms with van der Waals surface area (Å²) in [5, 5.41) is 6.19. The standard InChI is InChI=1S/C16H24N2O2/c1-11-8-15(9-12(2)20-11)18-14-6-4-13(5-7-14)10-16(19)17-3/h4-7,11-12,15,18H,8-10H2,1-3H3,(H,17,19). The molecular formula is C16H24N2O2. The highest BCUT2D eigenvalue weighted by atomic mass is 16.5. The molecule has 0 aliphatic carbocycles. The molecule has 0 saturated carbocycles. The second-order valence-electron chi connectivity index (χ2n) is 5.62. The van der Waals surface area contributed by atoms with Crippen molar-refractivity contribution in [3.63, 3.8) is 0 Å². The fraction of sp³-hybridized carbons (Fsp3) is 0.562. The molecule has 0 radical (unpaired) electrons. The minimum absolute atomic E-state index is 0.0396. The van der Waals surface area contributed by atoms with Crippen molar-refractivity contribution in [1.82, 2.24) is 5.32 Å². The molecule has 0 bridgehead atoms. The van der Waals surface area contributed by atoms with Crippen LogP contribution in [0.5, 0.6) is 0 Å². The number of ether oxygens (including phenoxy) is 1. The number of hydrogen-bond donors (Lipinski definition) is 2. The highest BCUT2D eigenvalue weighted by molar-refractivity contribution is 5.78. The van der Waals surface area contributed by atoms with Crippen LogP contribution in [0.2, 0.25) is 0 Å². The third-order valence-electron chi connectivity index (χ3n) is 3.67. The van der Waals surface area contributed by atoms with Gasteiger partial charge in [0.1, 0.15) is 0 Å². The summed E-state index contributed by atoms with van der Waals surface area (Å²) in [7, 11) is 1.66. The molecule has 1 aliphatic heterocycles. The zero-order valence-corrected chi connectivity index (χ0v) is 12.5. The highest BCUT2D eigenvalue weighted by Gasteiger charge is 2.24. The summed E-state index contributed by atoms with van der Waals surface area (Å²) in [6, 6.07) is 8.55. The number of anilines is 1. The number of amides is 1. The average Bonchev–Trinajstić information content (AvgIpc) is 2.39. The van der Waals surface area contributed by atoms with Gasteiger partial charge in [-0.15, -0.1) is 0 Å². The summed E-state index contributed by atoms with van der Waals surface area (Å²) < 4.78 is 5.74. The molecule has 110 valence electrons. The molecule has 2 rings (SSSR count). The Morgan fingerprint density at radius 3 is 2.35 bits per heavy atom. The van der Waals surface area contributed by atoms with Gasteiger partial charge in [0, 0.05) is 18.8 Å². The highest BCUT2D eigenvalue weighted by Crippen LogP contribution is 2.22. The van der Waals surface area contributed by atoms with E-state index in [9.17, 15) is 4.79 Å². The minimum Gasteiger partial charge on any atom is -0.382 e. The molecule has 0 aromatic heterocycles. The number of carbonyl (C=O) groups is 1. The van der Waals surface area contributed by atoms with Gasteiger partial charge in [-0.05, 0) is 44.4 Å². The van der Waals surface area contributed by atoms with Crippen molar-refractivity contribution >= 4 is 11.6 Å². The predicted octanol–water partition coefficient (Wildman–Crippen LogP) is 2.34. The molecule has 1 fully saturated rings. The Bertz CT molecular complexity index is 434. The Hall–Kier alpha value is -1.55. The summed E-state index contributed by atoms with van der Waals surface area (Å²) in [6.45, 7) is 4.24. The molecule has 4 nitrogen and oxygen atoms in total. The first kappa shape index (κ1) is 14.9. The van der Waals surface area contributed by atoms with Crippen molar-refractivity contribution in [2.45, 2.75) is 51.4 Å². The monoisotopic (exact) mass is 276 g/mol. The van der Waals surface area contributed by atoms with Crippen LogP contribution in [0.4, 0.5) is 5.69 Å². The summed E-state index contributed by atoms with van der Waals surface area (Å²) >= 11 is 0. The topological polar surface area (TPSA) is 50.4 Å². The Morgan fingerprint density at radius 2 is 1.80 bits per heavy atom. The van der Waals surface area contributed by atoms with E-state index in [0.29, 0.717) is 24.7 Å². The van der Waals surface area contributed by atoms with Gasteiger partial charge in [0.05, 0.1) is 18.6 Å². The van der Waals surface area contributed by atoms with Crippen molar-refractivity contribution < 1.29 is 9.53 Å². The number of likely N-dealkylation sites (N-methyl/N-ethyl adjacent to an activating group) is 1. The molecule has 1 saturated heterocycles. The van der Waals surface area contributed by atoms with E-state index in [1.54, 1.807) is 7.05 Å². The van der Waals surface area contributed by atoms with E-state index >= 15 is 0 Å². The molecule has 1 aromatic carbocycles. The van der Waals surface area contributed by atoms with E-state index in [1.165, 1.54) is 0 Å². The van der Waals surface area contributed by atoms with Crippen LogP contribution in [0, 0.1) is 0 Å². The van der Waals surface area contributed by atoms with Gasteiger partial charge in [0.15, 0.2) is 0 Å². The van der Waals surface area contributed by atoms with Crippen LogP contribution in [-0.2, 0) is 16.0 Å². The lowest BCUT2D eigenvalue weighted by Crippen LogP contribution is -2.36. The van der Waals surface area contributed by atoms with E-state index in [0.717, 1.165) is 24.1 Å². The fourth-order valence-electron chi connectivity index (χ4n) is 2.75. The van der Waals surface area contributed by atoms with Gasteiger partial charge in [-0.25, -0.2) is 0 Å². The van der Waals surface area contributed by atoms with Crippen LogP contribution < -0.4 is 10.6 Å². The molecule has 2 N–H and O–H groups in total. The van der Waals surface area contributed by atoms with Gasteiger partial charge in [0.25, 0.3) is 0 Å². The van der Waals surface area contributed by atoms with Crippen LogP contribution >= 0.6 is 0 Å². The second-order valence-corrected chi connectivity index (χ2v) is 5.62. The zero-order valence-electron chi connectivity index (χ0n) is 12.5. The van der Waals surface area contributed by atoms with Crippen molar-refractivity contribution in [2.24, 2.45) is 0 Å². The van der Waals surface area contributed by atoms with E-state index in [1.807, 2.05) is 24.3 Å². The molecule has 4 heteroatoms. The largest absolute Gasteiger partial charge is 0.382 e. The molecule has 1 aromatic rings. The van der Waals surface area contributed by atoms with Crippen LogP contribution in [0.15, 0.2) is 24.3 Å². The van der Waals surface area contributed by atoms with Gasteiger partial charge in [-0.2, -0.15) is 0 Å². The number of benzene rings is 1. The molecule has 0 spiro atoms. The van der Waals surface area contributed by atoms with Gasteiger partial charge in [-0.3, -0.25) is 4.79 Å². The molecular weight excluding hydrogens is 252 g/mol. The summed E-state index contributed by atoms with van der Waals surface area (Å²) in [5.41, 5.74) is 2.14. The van der Waals surface area contributed by atoms with E-state index in [-0.39, 0.29) is 5.91 Å². The lowest BCUT2D eigenvalue weighted by molar-refractivity contribution is -0.119. The number of carbonyl (C=O) groups excluding carboxylic acids is 1. The van der Waals surface area contributed by atoms with Crippen molar-refractivity contribution in [3.05, 3.63) is 29.8 Å². The molecule has 2 atom stereocenters. The van der Waals surface area contributed by atoms with E-state index < -0.39 is 0 Å². The van der Waals surface area contributed by atoms with Crippen LogP contribution in [0.3, 0.4) is 0 Å². The van der Waals surface area contributed by atoms with Gasteiger partial charge in [0.2, 0.25) is 5.91 Å². The molecule has 20 heavy (non-hydrogen) atoms. The van der Waals surface area contributed by atoms with Crippen molar-refractivity contribution in [3.8, 4) is 0 Å². The maximum atomic E-state index is 11.3. The first-order chi connectivity index (χ1) is 9.56. The number of hydrogen-bond acceptors (Lipinski definition) is 3. The summed E-state index contributed by atoms with van der Waals surface area (Å²) in [4.78, 5) is 11.3. The van der Waals surface area contributed by atoms with Gasteiger partial charge < -0.3 is 15.4 Å². The SMILES string of the molecule is CNC(=O)Cc1ccc(NC2CC(C)OC(C)C2)cc1. The fourth-order valence-corrected chi connectivity index (χ4v) is 2.75. The summed E-state index contributed by atoms with van der Waals surface area (Å²) in [5.74, 6) is 0.0396. The third kappa shape index (κ3) is 4.23. The molecule has 1 amide bonds. The Balaban J connectivity index is 1.91. The Morgan fingerprint density at radius 1 is 1.20 bits per heavy atom. The van der Waals surface area contributed by atoms with Gasteiger partial charge >= 0.3 is 0 Å². The second kappa shape index (κ2) is 6.75. The molecule has 1 aliphatic rings.